The number of hydrogen-bond donors (Lipinski definition) is 3. The quantitative estimate of drug-likeness (QED) is 0.457. The Morgan fingerprint density at radius 3 is 2.53 bits per heavy atom. The molecule has 2 atom stereocenters. The lowest BCUT2D eigenvalue weighted by Crippen LogP contribution is -2.57. The average molecular weight is 497 g/mol. The summed E-state index contributed by atoms with van der Waals surface area (Å²) < 4.78 is 6.50. The molecule has 4 saturated carbocycles. The van der Waals surface area contributed by atoms with Crippen molar-refractivity contribution < 1.29 is 14.6 Å². The molecule has 0 aliphatic heterocycles. The molecule has 9 nitrogen and oxygen atoms in total. The molecule has 2 aromatic rings. The lowest BCUT2D eigenvalue weighted by atomic mass is 9.47. The Balaban J connectivity index is 1.48. The monoisotopic (exact) mass is 496 g/mol. The van der Waals surface area contributed by atoms with Crippen LogP contribution in [-0.2, 0) is 16.1 Å². The Bertz CT molecular complexity index is 1220. The zero-order chi connectivity index (χ0) is 25.5. The van der Waals surface area contributed by atoms with Crippen LogP contribution in [0.3, 0.4) is 0 Å². The van der Waals surface area contributed by atoms with E-state index in [0.29, 0.717) is 31.3 Å². The molecular formula is C27H36N4O5. The highest BCUT2D eigenvalue weighted by atomic mass is 16.5. The molecule has 4 bridgehead atoms. The largest absolute Gasteiger partial charge is 0.390 e. The predicted molar refractivity (Wildman–Crippen MR) is 137 cm³/mol. The van der Waals surface area contributed by atoms with E-state index in [4.69, 9.17) is 10.5 Å². The van der Waals surface area contributed by atoms with Gasteiger partial charge in [-0.3, -0.25) is 19.1 Å². The maximum absolute atomic E-state index is 13.9. The number of amides is 1. The van der Waals surface area contributed by atoms with Gasteiger partial charge in [-0.2, -0.15) is 0 Å². The lowest BCUT2D eigenvalue weighted by molar-refractivity contribution is -0.168. The number of ether oxygens (including phenoxy) is 1. The first-order valence-electron chi connectivity index (χ1n) is 12.9. The molecule has 4 fully saturated rings. The zero-order valence-electron chi connectivity index (χ0n) is 20.9. The number of nitrogens with two attached hydrogens (primary N) is 1. The Morgan fingerprint density at radius 2 is 1.89 bits per heavy atom. The molecule has 1 heterocycles. The number of anilines is 2. The smallest absolute Gasteiger partial charge is 0.330 e. The first-order chi connectivity index (χ1) is 17.2. The molecule has 4 aliphatic carbocycles. The van der Waals surface area contributed by atoms with Gasteiger partial charge in [0.2, 0.25) is 5.91 Å². The summed E-state index contributed by atoms with van der Waals surface area (Å²) in [5, 5.41) is 11.2. The van der Waals surface area contributed by atoms with Crippen molar-refractivity contribution in [2.75, 3.05) is 30.9 Å². The third-order valence-corrected chi connectivity index (χ3v) is 8.38. The molecular weight excluding hydrogens is 460 g/mol. The van der Waals surface area contributed by atoms with Crippen LogP contribution >= 0.6 is 0 Å². The number of methoxy groups -OCH3 is 1. The van der Waals surface area contributed by atoms with E-state index in [2.05, 4.69) is 4.98 Å². The summed E-state index contributed by atoms with van der Waals surface area (Å²) in [5.41, 5.74) is 5.08. The molecule has 1 amide bonds. The summed E-state index contributed by atoms with van der Waals surface area (Å²) in [5.74, 6) is 0.681. The van der Waals surface area contributed by atoms with Crippen LogP contribution in [0.4, 0.5) is 11.5 Å². The van der Waals surface area contributed by atoms with Gasteiger partial charge in [0, 0.05) is 26.7 Å². The topological polar surface area (TPSA) is 131 Å². The molecule has 2 unspecified atom stereocenters. The predicted octanol–water partition coefficient (Wildman–Crippen LogP) is 2.26. The van der Waals surface area contributed by atoms with E-state index < -0.39 is 16.9 Å². The summed E-state index contributed by atoms with van der Waals surface area (Å²) in [7, 11) is 1.59. The normalized spacial score (nSPS) is 28.4. The maximum Gasteiger partial charge on any atom is 0.330 e. The summed E-state index contributed by atoms with van der Waals surface area (Å²) >= 11 is 0. The molecule has 194 valence electrons. The minimum atomic E-state index is -0.676. The van der Waals surface area contributed by atoms with E-state index in [1.807, 2.05) is 30.3 Å². The Hall–Kier alpha value is -2.91. The second-order valence-corrected chi connectivity index (χ2v) is 11.3. The summed E-state index contributed by atoms with van der Waals surface area (Å²) in [6.07, 6.45) is 6.05. The summed E-state index contributed by atoms with van der Waals surface area (Å²) in [4.78, 5) is 43.4. The van der Waals surface area contributed by atoms with Gasteiger partial charge in [0.15, 0.2) is 5.69 Å². The minimum Gasteiger partial charge on any atom is -0.390 e. The van der Waals surface area contributed by atoms with Gasteiger partial charge in [0.1, 0.15) is 5.82 Å². The molecule has 0 spiro atoms. The SMILES string of the molecule is COCCCN(C(=O)CC12CC3CC(CC(O)(C3)C1)C2)c1c(N)n(Cc2ccccc2)c(=O)[nH]c1=O. The Labute approximate surface area is 210 Å². The molecule has 1 aromatic heterocycles. The Morgan fingerprint density at radius 1 is 1.19 bits per heavy atom. The van der Waals surface area contributed by atoms with Crippen molar-refractivity contribution in [1.29, 1.82) is 0 Å². The van der Waals surface area contributed by atoms with E-state index in [-0.39, 0.29) is 42.3 Å². The number of aliphatic hydroxyl groups is 1. The fraction of sp³-hybridized carbons (Fsp3) is 0.593. The zero-order valence-corrected chi connectivity index (χ0v) is 20.9. The molecule has 4 aliphatic rings. The van der Waals surface area contributed by atoms with E-state index in [0.717, 1.165) is 37.7 Å². The van der Waals surface area contributed by atoms with Crippen LogP contribution in [0.25, 0.3) is 0 Å². The van der Waals surface area contributed by atoms with Crippen LogP contribution in [0, 0.1) is 17.3 Å². The fourth-order valence-electron chi connectivity index (χ4n) is 7.51. The van der Waals surface area contributed by atoms with Crippen LogP contribution < -0.4 is 21.9 Å². The number of nitrogen functional groups attached to an aromatic ring is 1. The number of carbonyl (C=O) groups is 1. The van der Waals surface area contributed by atoms with Crippen molar-refractivity contribution in [3.63, 3.8) is 0 Å². The van der Waals surface area contributed by atoms with Gasteiger partial charge in [-0.05, 0) is 67.8 Å². The molecule has 0 saturated heterocycles. The maximum atomic E-state index is 13.9. The number of hydrogen-bond acceptors (Lipinski definition) is 6. The summed E-state index contributed by atoms with van der Waals surface area (Å²) in [6.45, 7) is 0.840. The second-order valence-electron chi connectivity index (χ2n) is 11.3. The van der Waals surface area contributed by atoms with E-state index in [1.165, 1.54) is 9.47 Å². The van der Waals surface area contributed by atoms with Crippen LogP contribution in [-0.4, -0.2) is 46.4 Å². The van der Waals surface area contributed by atoms with Crippen LogP contribution in [0.15, 0.2) is 39.9 Å². The van der Waals surface area contributed by atoms with Crippen molar-refractivity contribution in [3.05, 3.63) is 56.7 Å². The number of rotatable bonds is 9. The van der Waals surface area contributed by atoms with Crippen molar-refractivity contribution in [3.8, 4) is 0 Å². The van der Waals surface area contributed by atoms with Crippen molar-refractivity contribution in [1.82, 2.24) is 9.55 Å². The highest BCUT2D eigenvalue weighted by Gasteiger charge is 2.57. The molecule has 1 aromatic carbocycles. The number of aromatic amines is 1. The third-order valence-electron chi connectivity index (χ3n) is 8.38. The van der Waals surface area contributed by atoms with Gasteiger partial charge in [0.25, 0.3) is 5.56 Å². The summed E-state index contributed by atoms with van der Waals surface area (Å²) in [6, 6.07) is 9.35. The molecule has 36 heavy (non-hydrogen) atoms. The number of nitrogens with zero attached hydrogens (tertiary/aromatic N) is 2. The molecule has 9 heteroatoms. The minimum absolute atomic E-state index is 0.00933. The van der Waals surface area contributed by atoms with E-state index >= 15 is 0 Å². The van der Waals surface area contributed by atoms with E-state index in [9.17, 15) is 19.5 Å². The number of H-pyrrole nitrogens is 1. The number of benzene rings is 1. The number of aromatic nitrogens is 2. The molecule has 4 N–H and O–H groups in total. The standard InChI is InChI=1S/C27H36N4O5/c1-36-9-5-8-30(21(32)15-26-11-19-10-20(12-26)14-27(35,13-19)17-26)22-23(28)31(25(34)29-24(22)33)16-18-6-3-2-4-7-18/h2-4,6-7,19-20,35H,5,8-17,28H2,1H3,(H,29,33,34). The second kappa shape index (κ2) is 9.52. The lowest BCUT2D eigenvalue weighted by Gasteiger charge is -2.60. The van der Waals surface area contributed by atoms with Crippen LogP contribution in [0.1, 0.15) is 56.9 Å². The number of carbonyl (C=O) groups excluding carboxylic acids is 1. The van der Waals surface area contributed by atoms with Crippen LogP contribution in [0.2, 0.25) is 0 Å². The molecule has 6 rings (SSSR count). The average Bonchev–Trinajstić information content (AvgIpc) is 2.79. The highest BCUT2D eigenvalue weighted by Crippen LogP contribution is 2.63. The van der Waals surface area contributed by atoms with Crippen molar-refractivity contribution >= 4 is 17.4 Å². The van der Waals surface area contributed by atoms with Gasteiger partial charge in [-0.15, -0.1) is 0 Å². The van der Waals surface area contributed by atoms with Crippen molar-refractivity contribution in [2.45, 2.75) is 63.5 Å². The third kappa shape index (κ3) is 4.74. The van der Waals surface area contributed by atoms with Gasteiger partial charge in [-0.25, -0.2) is 4.79 Å². The molecule has 0 radical (unpaired) electrons. The van der Waals surface area contributed by atoms with Gasteiger partial charge in [-0.1, -0.05) is 30.3 Å². The Kier molecular flexibility index (Phi) is 6.55. The van der Waals surface area contributed by atoms with Gasteiger partial charge in [0.05, 0.1) is 12.1 Å². The van der Waals surface area contributed by atoms with Crippen LogP contribution in [0.5, 0.6) is 0 Å². The highest BCUT2D eigenvalue weighted by molar-refractivity contribution is 5.96. The van der Waals surface area contributed by atoms with Gasteiger partial charge >= 0.3 is 5.69 Å². The van der Waals surface area contributed by atoms with E-state index in [1.54, 1.807) is 7.11 Å². The number of nitrogens with one attached hydrogen (secondary N) is 1. The van der Waals surface area contributed by atoms with Gasteiger partial charge < -0.3 is 20.5 Å². The first kappa shape index (κ1) is 24.8. The van der Waals surface area contributed by atoms with Crippen molar-refractivity contribution in [2.24, 2.45) is 17.3 Å². The fourth-order valence-corrected chi connectivity index (χ4v) is 7.51. The first-order valence-corrected chi connectivity index (χ1v) is 12.9.